The number of nitrogens with zero attached hydrogens (tertiary/aromatic N) is 2. The van der Waals surface area contributed by atoms with Gasteiger partial charge in [-0.25, -0.2) is 4.79 Å². The molecule has 0 spiro atoms. The van der Waals surface area contributed by atoms with E-state index in [1.54, 1.807) is 17.0 Å². The molecule has 0 aliphatic carbocycles. The van der Waals surface area contributed by atoms with E-state index >= 15 is 0 Å². The number of aliphatic hydroxyl groups is 1. The number of para-hydroxylation sites is 1. The Bertz CT molecular complexity index is 1370. The summed E-state index contributed by atoms with van der Waals surface area (Å²) in [6.45, 7) is 4.31. The number of rotatable bonds is 5. The van der Waals surface area contributed by atoms with Gasteiger partial charge < -0.3 is 5.11 Å². The van der Waals surface area contributed by atoms with Gasteiger partial charge >= 0.3 is 6.03 Å². The van der Waals surface area contributed by atoms with E-state index < -0.39 is 17.3 Å². The van der Waals surface area contributed by atoms with Crippen molar-refractivity contribution in [1.82, 2.24) is 5.32 Å². The lowest BCUT2D eigenvalue weighted by Crippen LogP contribution is -2.64. The highest BCUT2D eigenvalue weighted by atomic mass is 16.3. The van der Waals surface area contributed by atoms with Crippen molar-refractivity contribution in [2.45, 2.75) is 25.1 Å². The molecule has 0 fully saturated rings. The Kier molecular flexibility index (Phi) is 5.71. The first-order valence-corrected chi connectivity index (χ1v) is 11.6. The highest BCUT2D eigenvalue weighted by molar-refractivity contribution is 6.16. The predicted molar refractivity (Wildman–Crippen MR) is 139 cm³/mol. The molecule has 1 heterocycles. The van der Waals surface area contributed by atoms with Gasteiger partial charge in [0.05, 0.1) is 5.69 Å². The van der Waals surface area contributed by atoms with E-state index in [0.717, 1.165) is 22.4 Å². The van der Waals surface area contributed by atoms with Crippen LogP contribution in [-0.2, 0) is 11.3 Å². The van der Waals surface area contributed by atoms with Crippen LogP contribution < -0.4 is 10.2 Å². The number of benzene rings is 4. The van der Waals surface area contributed by atoms with Crippen LogP contribution in [0, 0.1) is 0 Å². The Morgan fingerprint density at radius 1 is 0.771 bits per heavy atom. The van der Waals surface area contributed by atoms with E-state index in [-0.39, 0.29) is 0 Å². The molecule has 4 aromatic carbocycles. The van der Waals surface area contributed by atoms with Gasteiger partial charge in [-0.1, -0.05) is 123 Å². The third-order valence-electron chi connectivity index (χ3n) is 6.55. The molecular weight excluding hydrogens is 434 g/mol. The fourth-order valence-corrected chi connectivity index (χ4v) is 4.68. The zero-order chi connectivity index (χ0) is 24.5. The number of amidine groups is 1. The number of aliphatic imine (C=N–C) groups is 1. The third-order valence-corrected chi connectivity index (χ3v) is 6.55. The van der Waals surface area contributed by atoms with E-state index in [1.807, 2.05) is 84.9 Å². The molecule has 4 aromatic rings. The minimum atomic E-state index is -1.85. The summed E-state index contributed by atoms with van der Waals surface area (Å²) in [5.74, 6) is -1.48. The molecule has 174 valence electrons. The van der Waals surface area contributed by atoms with Crippen molar-refractivity contribution >= 4 is 17.6 Å². The molecule has 5 nitrogen and oxygen atoms in total. The van der Waals surface area contributed by atoms with Crippen molar-refractivity contribution in [2.24, 2.45) is 4.99 Å². The SMILES string of the molecule is CC(C)(c1ccccc1)c1ccccc1N1C(c2ccccc2)=NC(=O)NC1(O)c1ccccc1. The maximum atomic E-state index is 12.8. The Balaban J connectivity index is 1.78. The summed E-state index contributed by atoms with van der Waals surface area (Å²) in [6, 6.07) is 36.2. The number of hydrogen-bond donors (Lipinski definition) is 2. The lowest BCUT2D eigenvalue weighted by molar-refractivity contribution is 0.0201. The molecule has 5 heteroatoms. The quantitative estimate of drug-likeness (QED) is 0.395. The van der Waals surface area contributed by atoms with Gasteiger partial charge in [-0.05, 0) is 17.2 Å². The second kappa shape index (κ2) is 8.85. The van der Waals surface area contributed by atoms with Gasteiger partial charge in [-0.2, -0.15) is 4.99 Å². The molecule has 1 aliphatic heterocycles. The maximum absolute atomic E-state index is 12.8. The van der Waals surface area contributed by atoms with Gasteiger partial charge in [0.25, 0.3) is 5.85 Å². The number of urea groups is 1. The molecule has 35 heavy (non-hydrogen) atoms. The molecule has 1 aliphatic rings. The normalized spacial score (nSPS) is 18.1. The molecule has 0 bridgehead atoms. The Labute approximate surface area is 205 Å². The van der Waals surface area contributed by atoms with E-state index in [0.29, 0.717) is 11.4 Å². The number of nitrogens with one attached hydrogen (secondary N) is 1. The van der Waals surface area contributed by atoms with Crippen molar-refractivity contribution < 1.29 is 9.90 Å². The summed E-state index contributed by atoms with van der Waals surface area (Å²) >= 11 is 0. The molecule has 0 saturated carbocycles. The lowest BCUT2D eigenvalue weighted by atomic mass is 9.77. The topological polar surface area (TPSA) is 64.9 Å². The molecule has 1 unspecified atom stereocenters. The summed E-state index contributed by atoms with van der Waals surface area (Å²) in [7, 11) is 0. The Morgan fingerprint density at radius 2 is 1.31 bits per heavy atom. The largest absolute Gasteiger partial charge is 0.350 e. The fraction of sp³-hybridized carbons (Fsp3) is 0.133. The predicted octanol–water partition coefficient (Wildman–Crippen LogP) is 5.79. The fourth-order valence-electron chi connectivity index (χ4n) is 4.68. The second-order valence-corrected chi connectivity index (χ2v) is 9.11. The highest BCUT2D eigenvalue weighted by Gasteiger charge is 2.46. The molecule has 1 atom stereocenters. The number of carbonyl (C=O) groups is 1. The van der Waals surface area contributed by atoms with Crippen LogP contribution in [0.1, 0.15) is 36.1 Å². The van der Waals surface area contributed by atoms with Gasteiger partial charge in [0.2, 0.25) is 0 Å². The van der Waals surface area contributed by atoms with Gasteiger partial charge in [0.1, 0.15) is 5.84 Å². The minimum absolute atomic E-state index is 0.372. The lowest BCUT2D eigenvalue weighted by Gasteiger charge is -2.46. The third kappa shape index (κ3) is 4.00. The van der Waals surface area contributed by atoms with Gasteiger partial charge in [-0.3, -0.25) is 10.2 Å². The van der Waals surface area contributed by atoms with Crippen LogP contribution in [0.15, 0.2) is 120 Å². The summed E-state index contributed by atoms with van der Waals surface area (Å²) in [5.41, 5.74) is 3.72. The Hall–Kier alpha value is -4.22. The van der Waals surface area contributed by atoms with E-state index in [9.17, 15) is 9.90 Å². The summed E-state index contributed by atoms with van der Waals surface area (Å²) < 4.78 is 0. The van der Waals surface area contributed by atoms with E-state index in [4.69, 9.17) is 0 Å². The van der Waals surface area contributed by atoms with Gasteiger partial charge in [0, 0.05) is 16.5 Å². The van der Waals surface area contributed by atoms with Crippen LogP contribution >= 0.6 is 0 Å². The van der Waals surface area contributed by atoms with Crippen LogP contribution in [0.2, 0.25) is 0 Å². The van der Waals surface area contributed by atoms with Gasteiger partial charge in [0.15, 0.2) is 0 Å². The first-order chi connectivity index (χ1) is 16.9. The first kappa shape index (κ1) is 22.6. The zero-order valence-electron chi connectivity index (χ0n) is 19.7. The van der Waals surface area contributed by atoms with Crippen molar-refractivity contribution in [3.8, 4) is 0 Å². The number of amides is 2. The van der Waals surface area contributed by atoms with Crippen molar-refractivity contribution in [1.29, 1.82) is 0 Å². The standard InChI is InChI=1S/C30H27N3O2/c1-29(2,23-16-8-4-9-17-23)25-20-12-13-21-26(25)33-27(22-14-6-3-7-15-22)31-28(34)32-30(33,35)24-18-10-5-11-19-24/h3-21,35H,1-2H3,(H,32,34). The van der Waals surface area contributed by atoms with Crippen molar-refractivity contribution in [3.05, 3.63) is 138 Å². The van der Waals surface area contributed by atoms with Crippen molar-refractivity contribution in [3.63, 3.8) is 0 Å². The van der Waals surface area contributed by atoms with Crippen LogP contribution in [0.5, 0.6) is 0 Å². The number of carbonyl (C=O) groups excluding carboxylic acids is 1. The van der Waals surface area contributed by atoms with Crippen molar-refractivity contribution in [2.75, 3.05) is 4.90 Å². The summed E-state index contributed by atoms with van der Waals surface area (Å²) in [6.07, 6.45) is 0. The van der Waals surface area contributed by atoms with Gasteiger partial charge in [-0.15, -0.1) is 0 Å². The molecule has 0 saturated heterocycles. The average Bonchev–Trinajstić information content (AvgIpc) is 2.90. The molecule has 0 radical (unpaired) electrons. The maximum Gasteiger partial charge on any atom is 0.346 e. The molecule has 2 N–H and O–H groups in total. The Morgan fingerprint density at radius 3 is 1.97 bits per heavy atom. The number of anilines is 1. The smallest absolute Gasteiger partial charge is 0.346 e. The molecule has 5 rings (SSSR count). The molecular formula is C30H27N3O2. The zero-order valence-corrected chi connectivity index (χ0v) is 19.7. The van der Waals surface area contributed by atoms with Crippen LogP contribution in [0.25, 0.3) is 0 Å². The average molecular weight is 462 g/mol. The highest BCUT2D eigenvalue weighted by Crippen LogP contribution is 2.42. The van der Waals surface area contributed by atoms with Crippen LogP contribution in [0.4, 0.5) is 10.5 Å². The molecule has 2 amide bonds. The molecule has 0 aromatic heterocycles. The van der Waals surface area contributed by atoms with Crippen LogP contribution in [-0.4, -0.2) is 17.0 Å². The van der Waals surface area contributed by atoms with E-state index in [1.165, 1.54) is 0 Å². The first-order valence-electron chi connectivity index (χ1n) is 11.6. The second-order valence-electron chi connectivity index (χ2n) is 9.11. The minimum Gasteiger partial charge on any atom is -0.350 e. The van der Waals surface area contributed by atoms with Crippen LogP contribution in [0.3, 0.4) is 0 Å². The number of hydrogen-bond acceptors (Lipinski definition) is 3. The summed E-state index contributed by atoms with van der Waals surface area (Å²) in [4.78, 5) is 18.9. The monoisotopic (exact) mass is 461 g/mol. The summed E-state index contributed by atoms with van der Waals surface area (Å²) in [5, 5.41) is 15.0. The van der Waals surface area contributed by atoms with E-state index in [2.05, 4.69) is 42.4 Å².